The van der Waals surface area contributed by atoms with E-state index >= 15 is 0 Å². The minimum absolute atomic E-state index is 0.0852. The summed E-state index contributed by atoms with van der Waals surface area (Å²) in [5, 5.41) is 0. The van der Waals surface area contributed by atoms with E-state index in [0.717, 1.165) is 37.7 Å². The second-order valence-corrected chi connectivity index (χ2v) is 14.7. The predicted molar refractivity (Wildman–Crippen MR) is 145 cm³/mol. The van der Waals surface area contributed by atoms with Crippen molar-refractivity contribution in [3.8, 4) is 0 Å². The lowest BCUT2D eigenvalue weighted by atomic mass is 9.70. The molecule has 1 aliphatic rings. The van der Waals surface area contributed by atoms with Crippen molar-refractivity contribution in [1.82, 2.24) is 4.90 Å². The predicted octanol–water partition coefficient (Wildman–Crippen LogP) is 7.59. The Labute approximate surface area is 210 Å². The monoisotopic (exact) mass is 487 g/mol. The molecule has 1 fully saturated rings. The molecule has 2 atom stereocenters. The lowest BCUT2D eigenvalue weighted by Crippen LogP contribution is -2.48. The molecule has 4 nitrogen and oxygen atoms in total. The number of benzene rings is 1. The van der Waals surface area contributed by atoms with Crippen molar-refractivity contribution >= 4 is 15.1 Å². The third-order valence-electron chi connectivity index (χ3n) is 6.69. The van der Waals surface area contributed by atoms with Crippen LogP contribution in [0.5, 0.6) is 0 Å². The van der Waals surface area contributed by atoms with E-state index in [1.54, 1.807) is 0 Å². The molecule has 0 aromatic heterocycles. The average molecular weight is 488 g/mol. The topological polar surface area (TPSA) is 38.8 Å². The first kappa shape index (κ1) is 28.6. The van der Waals surface area contributed by atoms with Gasteiger partial charge in [-0.3, -0.25) is 0 Å². The van der Waals surface area contributed by atoms with Crippen molar-refractivity contribution in [3.63, 3.8) is 0 Å². The van der Waals surface area contributed by atoms with Gasteiger partial charge in [-0.05, 0) is 88.8 Å². The molecule has 34 heavy (non-hydrogen) atoms. The van der Waals surface area contributed by atoms with Crippen LogP contribution in [0.4, 0.5) is 4.79 Å². The summed E-state index contributed by atoms with van der Waals surface area (Å²) < 4.78 is 12.4. The van der Waals surface area contributed by atoms with Crippen molar-refractivity contribution in [1.29, 1.82) is 0 Å². The van der Waals surface area contributed by atoms with Gasteiger partial charge in [-0.15, -0.1) is 6.58 Å². The standard InChI is InChI=1S/C29H49NO3Si/c1-10-14-25(23-17-19-24(20-18-23)26(28(2,3)4)33-34(8)9)30(27(31)32-29(5,6)7)21-22-15-12-11-13-16-22/h10-13,15-16,23-26,34H,1,14,17-21H2,2-9H3/t23?,24?,25-,26+/m1/s1. The minimum Gasteiger partial charge on any atom is -0.444 e. The summed E-state index contributed by atoms with van der Waals surface area (Å²) in [6.45, 7) is 21.9. The number of ether oxygens (including phenoxy) is 1. The molecule has 0 radical (unpaired) electrons. The highest BCUT2D eigenvalue weighted by Gasteiger charge is 2.39. The maximum atomic E-state index is 13.4. The van der Waals surface area contributed by atoms with Crippen molar-refractivity contribution in [2.24, 2.45) is 17.3 Å². The molecule has 0 heterocycles. The molecule has 1 amide bonds. The molecule has 5 heteroatoms. The highest BCUT2D eigenvalue weighted by Crippen LogP contribution is 2.41. The van der Waals surface area contributed by atoms with Gasteiger partial charge in [0.2, 0.25) is 0 Å². The van der Waals surface area contributed by atoms with Crippen LogP contribution in [0.15, 0.2) is 43.0 Å². The van der Waals surface area contributed by atoms with Gasteiger partial charge in [-0.25, -0.2) is 4.79 Å². The van der Waals surface area contributed by atoms with Crippen LogP contribution in [0.3, 0.4) is 0 Å². The fourth-order valence-electron chi connectivity index (χ4n) is 5.31. The normalized spacial score (nSPS) is 21.1. The van der Waals surface area contributed by atoms with Crippen LogP contribution >= 0.6 is 0 Å². The lowest BCUT2D eigenvalue weighted by Gasteiger charge is -2.44. The first-order valence-corrected chi connectivity index (χ1v) is 15.9. The summed E-state index contributed by atoms with van der Waals surface area (Å²) in [7, 11) is -1.12. The molecule has 0 spiro atoms. The van der Waals surface area contributed by atoms with Crippen LogP contribution in [-0.4, -0.2) is 37.8 Å². The van der Waals surface area contributed by atoms with Crippen LogP contribution in [-0.2, 0) is 15.7 Å². The molecular formula is C29H49NO3Si. The van der Waals surface area contributed by atoms with E-state index in [1.165, 1.54) is 0 Å². The fraction of sp³-hybridized carbons (Fsp3) is 0.690. The summed E-state index contributed by atoms with van der Waals surface area (Å²) in [4.78, 5) is 15.4. The third kappa shape index (κ3) is 8.88. The Hall–Kier alpha value is -1.59. The molecule has 1 aromatic rings. The number of carbonyl (C=O) groups excluding carboxylic acids is 1. The van der Waals surface area contributed by atoms with E-state index in [-0.39, 0.29) is 17.6 Å². The van der Waals surface area contributed by atoms with E-state index in [1.807, 2.05) is 49.9 Å². The van der Waals surface area contributed by atoms with Gasteiger partial charge in [0.1, 0.15) is 5.60 Å². The van der Waals surface area contributed by atoms with Crippen LogP contribution in [0, 0.1) is 17.3 Å². The smallest absolute Gasteiger partial charge is 0.410 e. The van der Waals surface area contributed by atoms with Crippen LogP contribution in [0.1, 0.15) is 79.2 Å². The summed E-state index contributed by atoms with van der Waals surface area (Å²) in [6, 6.07) is 10.3. The Kier molecular flexibility index (Phi) is 10.4. The first-order chi connectivity index (χ1) is 15.8. The van der Waals surface area contributed by atoms with Gasteiger partial charge in [0.15, 0.2) is 9.04 Å². The zero-order chi connectivity index (χ0) is 25.5. The third-order valence-corrected chi connectivity index (χ3v) is 7.53. The maximum Gasteiger partial charge on any atom is 0.410 e. The molecule has 1 saturated carbocycles. The summed E-state index contributed by atoms with van der Waals surface area (Å²) in [5.74, 6) is 1.02. The Balaban J connectivity index is 2.23. The summed E-state index contributed by atoms with van der Waals surface area (Å²) >= 11 is 0. The van der Waals surface area contributed by atoms with Crippen LogP contribution < -0.4 is 0 Å². The van der Waals surface area contributed by atoms with Gasteiger partial charge in [0.05, 0.1) is 6.10 Å². The second kappa shape index (κ2) is 12.4. The van der Waals surface area contributed by atoms with E-state index in [2.05, 4.69) is 52.6 Å². The van der Waals surface area contributed by atoms with Gasteiger partial charge < -0.3 is 14.1 Å². The molecular weight excluding hydrogens is 438 g/mol. The molecule has 0 bridgehead atoms. The Morgan fingerprint density at radius 1 is 1.06 bits per heavy atom. The molecule has 192 valence electrons. The number of rotatable bonds is 9. The zero-order valence-corrected chi connectivity index (χ0v) is 24.1. The number of hydrogen-bond acceptors (Lipinski definition) is 3. The molecule has 0 aliphatic heterocycles. The van der Waals surface area contributed by atoms with Gasteiger partial charge in [0.25, 0.3) is 0 Å². The SMILES string of the molecule is C=CC[C@H](C1CCC([C@H](O[SiH](C)C)C(C)(C)C)CC1)N(Cc1ccccc1)C(=O)OC(C)(C)C. The Morgan fingerprint density at radius 3 is 2.09 bits per heavy atom. The highest BCUT2D eigenvalue weighted by molar-refractivity contribution is 6.48. The number of nitrogens with zero attached hydrogens (tertiary/aromatic N) is 1. The van der Waals surface area contributed by atoms with Crippen molar-refractivity contribution in [2.75, 3.05) is 0 Å². The summed E-state index contributed by atoms with van der Waals surface area (Å²) in [6.07, 6.45) is 7.32. The first-order valence-electron chi connectivity index (χ1n) is 13.1. The maximum absolute atomic E-state index is 13.4. The van der Waals surface area contributed by atoms with E-state index < -0.39 is 14.6 Å². The minimum atomic E-state index is -1.12. The van der Waals surface area contributed by atoms with Crippen LogP contribution in [0.25, 0.3) is 0 Å². The number of carbonyl (C=O) groups is 1. The molecule has 0 saturated heterocycles. The second-order valence-electron chi connectivity index (χ2n) is 12.3. The van der Waals surface area contributed by atoms with E-state index in [4.69, 9.17) is 9.16 Å². The highest BCUT2D eigenvalue weighted by atomic mass is 28.3. The van der Waals surface area contributed by atoms with Crippen LogP contribution in [0.2, 0.25) is 13.1 Å². The number of hydrogen-bond donors (Lipinski definition) is 0. The Bertz CT molecular complexity index is 758. The number of amides is 1. The van der Waals surface area contributed by atoms with Gasteiger partial charge in [0, 0.05) is 12.6 Å². The summed E-state index contributed by atoms with van der Waals surface area (Å²) in [5.41, 5.74) is 0.741. The van der Waals surface area contributed by atoms with Crippen molar-refractivity contribution < 1.29 is 14.0 Å². The van der Waals surface area contributed by atoms with Crippen molar-refractivity contribution in [3.05, 3.63) is 48.6 Å². The fourth-order valence-corrected chi connectivity index (χ4v) is 6.53. The van der Waals surface area contributed by atoms with Gasteiger partial charge in [-0.2, -0.15) is 0 Å². The zero-order valence-electron chi connectivity index (χ0n) is 23.0. The van der Waals surface area contributed by atoms with E-state index in [9.17, 15) is 4.79 Å². The Morgan fingerprint density at radius 2 is 1.62 bits per heavy atom. The van der Waals surface area contributed by atoms with E-state index in [0.29, 0.717) is 24.5 Å². The lowest BCUT2D eigenvalue weighted by molar-refractivity contribution is -0.0112. The molecule has 0 N–H and O–H groups in total. The molecule has 1 aliphatic carbocycles. The largest absolute Gasteiger partial charge is 0.444 e. The quantitative estimate of drug-likeness (QED) is 0.266. The average Bonchev–Trinajstić information content (AvgIpc) is 2.73. The molecule has 2 rings (SSSR count). The van der Waals surface area contributed by atoms with Gasteiger partial charge in [-0.1, -0.05) is 57.2 Å². The molecule has 1 aromatic carbocycles. The van der Waals surface area contributed by atoms with Crippen molar-refractivity contribution in [2.45, 2.75) is 111 Å². The van der Waals surface area contributed by atoms with Gasteiger partial charge >= 0.3 is 6.09 Å². The molecule has 0 unspecified atom stereocenters.